The monoisotopic (exact) mass is 357 g/mol. The molecule has 0 aromatic carbocycles. The summed E-state index contributed by atoms with van der Waals surface area (Å²) >= 11 is 0. The lowest BCUT2D eigenvalue weighted by Crippen LogP contribution is -2.29. The number of nitrogens with zero attached hydrogens (tertiary/aromatic N) is 2. The third kappa shape index (κ3) is 5.18. The average Bonchev–Trinajstić information content (AvgIpc) is 3.09. The number of fused-ring (bicyclic) bond motifs is 1. The van der Waals surface area contributed by atoms with E-state index in [0.29, 0.717) is 11.5 Å². The van der Waals surface area contributed by atoms with Gasteiger partial charge in [-0.05, 0) is 63.5 Å². The Morgan fingerprint density at radius 2 is 1.46 bits per heavy atom. The molecule has 1 heterocycles. The molecule has 0 saturated heterocycles. The maximum absolute atomic E-state index is 8.69. The van der Waals surface area contributed by atoms with Crippen molar-refractivity contribution < 1.29 is 0 Å². The Morgan fingerprint density at radius 1 is 0.923 bits per heavy atom. The molecule has 26 heavy (non-hydrogen) atoms. The van der Waals surface area contributed by atoms with Crippen LogP contribution in [0.4, 0.5) is 0 Å². The lowest BCUT2D eigenvalue weighted by Gasteiger charge is -2.19. The van der Waals surface area contributed by atoms with Gasteiger partial charge in [-0.2, -0.15) is 0 Å². The molecule has 3 nitrogen and oxygen atoms in total. The van der Waals surface area contributed by atoms with E-state index in [-0.39, 0.29) is 0 Å². The summed E-state index contributed by atoms with van der Waals surface area (Å²) in [4.78, 5) is 4.73. The summed E-state index contributed by atoms with van der Waals surface area (Å²) in [6, 6.07) is 0.369. The van der Waals surface area contributed by atoms with Gasteiger partial charge < -0.3 is 4.57 Å². The molecule has 1 aromatic rings. The van der Waals surface area contributed by atoms with Crippen LogP contribution in [0.3, 0.4) is 0 Å². The fourth-order valence-corrected chi connectivity index (χ4v) is 3.91. The maximum atomic E-state index is 8.69. The second-order valence-corrected chi connectivity index (χ2v) is 6.53. The number of rotatable bonds is 1. The van der Waals surface area contributed by atoms with E-state index in [1.54, 1.807) is 0 Å². The van der Waals surface area contributed by atoms with E-state index in [2.05, 4.69) is 30.6 Å². The van der Waals surface area contributed by atoms with Crippen LogP contribution in [-0.2, 0) is 12.8 Å². The van der Waals surface area contributed by atoms with Crippen molar-refractivity contribution in [3.63, 3.8) is 0 Å². The lowest BCUT2D eigenvalue weighted by atomic mass is 9.98. The van der Waals surface area contributed by atoms with Gasteiger partial charge in [-0.25, -0.2) is 4.98 Å². The summed E-state index contributed by atoms with van der Waals surface area (Å²) in [6.45, 7) is 12.2. The normalized spacial score (nSPS) is 20.4. The van der Waals surface area contributed by atoms with E-state index < -0.39 is 0 Å². The highest BCUT2D eigenvalue weighted by Gasteiger charge is 2.25. The van der Waals surface area contributed by atoms with Crippen molar-refractivity contribution in [2.24, 2.45) is 0 Å². The smallest absolute Gasteiger partial charge is 0.131 e. The van der Waals surface area contributed by atoms with Crippen LogP contribution in [0.1, 0.15) is 97.4 Å². The zero-order valence-electron chi connectivity index (χ0n) is 17.9. The van der Waals surface area contributed by atoms with Crippen molar-refractivity contribution in [3.05, 3.63) is 46.4 Å². The maximum Gasteiger partial charge on any atom is 0.131 e. The molecule has 0 amide bonds. The molecule has 146 valence electrons. The summed E-state index contributed by atoms with van der Waals surface area (Å²) in [7, 11) is 0. The predicted molar refractivity (Wildman–Crippen MR) is 112 cm³/mol. The molecule has 0 unspecified atom stereocenters. The quantitative estimate of drug-likeness (QED) is 0.629. The van der Waals surface area contributed by atoms with Gasteiger partial charge in [-0.1, -0.05) is 52.7 Å². The van der Waals surface area contributed by atoms with Gasteiger partial charge in [0.15, 0.2) is 0 Å². The van der Waals surface area contributed by atoms with Gasteiger partial charge >= 0.3 is 0 Å². The van der Waals surface area contributed by atoms with Gasteiger partial charge in [0.1, 0.15) is 5.49 Å². The molecule has 3 rings (SSSR count). The summed E-state index contributed by atoms with van der Waals surface area (Å²) in [5.74, 6) is 0. The Morgan fingerprint density at radius 3 is 2.00 bits per heavy atom. The van der Waals surface area contributed by atoms with Crippen molar-refractivity contribution in [3.8, 4) is 0 Å². The van der Waals surface area contributed by atoms with Gasteiger partial charge in [0.05, 0.1) is 6.33 Å². The van der Waals surface area contributed by atoms with Crippen molar-refractivity contribution in [2.75, 3.05) is 0 Å². The minimum atomic E-state index is 0.369. The van der Waals surface area contributed by atoms with Crippen LogP contribution in [0, 0.1) is 5.41 Å². The summed E-state index contributed by atoms with van der Waals surface area (Å²) in [5.41, 5.74) is 5.97. The molecule has 1 N–H and O–H groups in total. The molecule has 0 spiro atoms. The van der Waals surface area contributed by atoms with Crippen molar-refractivity contribution in [1.82, 2.24) is 9.55 Å². The largest absolute Gasteiger partial charge is 0.314 e. The SMILES string of the molecule is C/C=C1/CC(n2cnc3c(c2=N)CCCCCC3)C/C1=C/C.CC.CC. The number of aryl methyl sites for hydroxylation is 1. The molecule has 0 atom stereocenters. The van der Waals surface area contributed by atoms with Crippen LogP contribution in [-0.4, -0.2) is 9.55 Å². The van der Waals surface area contributed by atoms with E-state index in [1.165, 1.54) is 48.1 Å². The van der Waals surface area contributed by atoms with E-state index in [9.17, 15) is 0 Å². The van der Waals surface area contributed by atoms with Crippen LogP contribution in [0.25, 0.3) is 0 Å². The molecule has 1 fully saturated rings. The number of aromatic nitrogens is 2. The second-order valence-electron chi connectivity index (χ2n) is 6.53. The van der Waals surface area contributed by atoms with Crippen LogP contribution in [0.2, 0.25) is 0 Å². The Kier molecular flexibility index (Phi) is 10.2. The van der Waals surface area contributed by atoms with Gasteiger partial charge in [-0.15, -0.1) is 0 Å². The highest BCUT2D eigenvalue weighted by Crippen LogP contribution is 2.37. The molecule has 1 aromatic heterocycles. The Bertz CT molecular complexity index is 645. The second kappa shape index (κ2) is 11.9. The lowest BCUT2D eigenvalue weighted by molar-refractivity contribution is 0.487. The average molecular weight is 358 g/mol. The Hall–Kier alpha value is -1.64. The fourth-order valence-electron chi connectivity index (χ4n) is 3.91. The molecule has 3 heteroatoms. The first-order valence-electron chi connectivity index (χ1n) is 10.7. The summed E-state index contributed by atoms with van der Waals surface area (Å²) in [5, 5.41) is 8.69. The van der Waals surface area contributed by atoms with Crippen LogP contribution in [0.5, 0.6) is 0 Å². The van der Waals surface area contributed by atoms with E-state index >= 15 is 0 Å². The van der Waals surface area contributed by atoms with E-state index in [1.807, 2.05) is 34.0 Å². The first-order chi connectivity index (χ1) is 12.7. The molecule has 0 aliphatic heterocycles. The van der Waals surface area contributed by atoms with Gasteiger partial charge in [0, 0.05) is 17.3 Å². The van der Waals surface area contributed by atoms with Crippen LogP contribution < -0.4 is 5.49 Å². The molecular weight excluding hydrogens is 318 g/mol. The highest BCUT2D eigenvalue weighted by atomic mass is 15.1. The Balaban J connectivity index is 0.000000791. The molecule has 0 radical (unpaired) electrons. The number of allylic oxidation sites excluding steroid dienone is 4. The predicted octanol–water partition coefficient (Wildman–Crippen LogP) is 6.30. The summed E-state index contributed by atoms with van der Waals surface area (Å²) < 4.78 is 2.13. The number of nitrogens with one attached hydrogen (secondary N) is 1. The van der Waals surface area contributed by atoms with Crippen LogP contribution in [0.15, 0.2) is 29.6 Å². The highest BCUT2D eigenvalue weighted by molar-refractivity contribution is 5.36. The third-order valence-corrected chi connectivity index (χ3v) is 5.23. The van der Waals surface area contributed by atoms with Gasteiger partial charge in [0.2, 0.25) is 0 Å². The Labute approximate surface area is 160 Å². The zero-order valence-corrected chi connectivity index (χ0v) is 17.9. The number of hydrogen-bond acceptors (Lipinski definition) is 2. The first-order valence-corrected chi connectivity index (χ1v) is 10.7. The van der Waals surface area contributed by atoms with Crippen molar-refractivity contribution in [1.29, 1.82) is 5.41 Å². The van der Waals surface area contributed by atoms with E-state index in [0.717, 1.165) is 25.7 Å². The molecular formula is C23H39N3. The molecule has 2 aliphatic rings. The molecule has 2 aliphatic carbocycles. The molecule has 1 saturated carbocycles. The van der Waals surface area contributed by atoms with Crippen molar-refractivity contribution >= 4 is 0 Å². The minimum absolute atomic E-state index is 0.369. The van der Waals surface area contributed by atoms with Gasteiger partial charge in [0.25, 0.3) is 0 Å². The summed E-state index contributed by atoms with van der Waals surface area (Å²) in [6.07, 6.45) is 15.5. The zero-order chi connectivity index (χ0) is 19.5. The molecule has 0 bridgehead atoms. The van der Waals surface area contributed by atoms with E-state index in [4.69, 9.17) is 10.4 Å². The fraction of sp³-hybridized carbons (Fsp3) is 0.652. The minimum Gasteiger partial charge on any atom is -0.314 e. The topological polar surface area (TPSA) is 41.7 Å². The number of hydrogen-bond donors (Lipinski definition) is 1. The van der Waals surface area contributed by atoms with Crippen LogP contribution >= 0.6 is 0 Å². The first kappa shape index (κ1) is 22.4. The third-order valence-electron chi connectivity index (χ3n) is 5.23. The standard InChI is InChI=1S/C19H27N3.2C2H6/c1-3-14-11-16(12-15(14)4-2)22-13-21-18-10-8-6-5-7-9-17(18)19(22)20;2*1-2/h3-4,13,16,20H,5-12H2,1-2H3;2*1-2H3/b14-3-,15-4-,20-19?;;. The van der Waals surface area contributed by atoms with Crippen molar-refractivity contribution in [2.45, 2.75) is 99.0 Å². The van der Waals surface area contributed by atoms with Gasteiger partial charge in [-0.3, -0.25) is 5.41 Å².